The molecule has 0 aliphatic carbocycles. The smallest absolute Gasteiger partial charge is 0.208 e. The third-order valence-electron chi connectivity index (χ3n) is 2.28. The molecule has 0 radical (unpaired) electrons. The van der Waals surface area contributed by atoms with Crippen LogP contribution < -0.4 is 11.3 Å². The Morgan fingerprint density at radius 3 is 2.73 bits per heavy atom. The van der Waals surface area contributed by atoms with Gasteiger partial charge in [0.15, 0.2) is 0 Å². The molecule has 0 unspecified atom stereocenters. The number of guanidine groups is 1. The summed E-state index contributed by atoms with van der Waals surface area (Å²) in [5.74, 6) is 6.14. The standard InChI is InChI=1S/C10H14N4.HI/c11-13-10-12-6-7-14(10)8-9-4-2-1-3-5-9;/h1-5H,6-8,11H2,(H,12,13);1H. The number of aliphatic imine (C=N–C) groups is 1. The second kappa shape index (κ2) is 5.92. The van der Waals surface area contributed by atoms with Crippen LogP contribution in [0.3, 0.4) is 0 Å². The minimum absolute atomic E-state index is 0. The Bertz CT molecular complexity index is 325. The molecule has 1 aromatic rings. The van der Waals surface area contributed by atoms with Crippen molar-refractivity contribution in [3.05, 3.63) is 35.9 Å². The maximum absolute atomic E-state index is 5.36. The van der Waals surface area contributed by atoms with Crippen molar-refractivity contribution < 1.29 is 0 Å². The van der Waals surface area contributed by atoms with Crippen LogP contribution in [-0.2, 0) is 6.54 Å². The molecule has 0 atom stereocenters. The molecule has 1 heterocycles. The zero-order chi connectivity index (χ0) is 9.80. The average Bonchev–Trinajstić information content (AvgIpc) is 2.67. The van der Waals surface area contributed by atoms with Gasteiger partial charge in [0.2, 0.25) is 5.96 Å². The number of nitrogens with two attached hydrogens (primary N) is 1. The van der Waals surface area contributed by atoms with Gasteiger partial charge >= 0.3 is 0 Å². The van der Waals surface area contributed by atoms with Crippen LogP contribution >= 0.6 is 24.0 Å². The van der Waals surface area contributed by atoms with E-state index in [0.717, 1.165) is 25.6 Å². The fourth-order valence-corrected chi connectivity index (χ4v) is 1.58. The SMILES string of the molecule is I.NNC1=NCCN1Cc1ccccc1. The highest BCUT2D eigenvalue weighted by atomic mass is 127. The van der Waals surface area contributed by atoms with Crippen LogP contribution in [0.1, 0.15) is 5.56 Å². The van der Waals surface area contributed by atoms with Crippen molar-refractivity contribution in [2.24, 2.45) is 10.8 Å². The highest BCUT2D eigenvalue weighted by molar-refractivity contribution is 14.0. The zero-order valence-corrected chi connectivity index (χ0v) is 10.7. The van der Waals surface area contributed by atoms with Crippen molar-refractivity contribution in [1.29, 1.82) is 0 Å². The first-order chi connectivity index (χ1) is 6.90. The van der Waals surface area contributed by atoms with Crippen LogP contribution in [0.4, 0.5) is 0 Å². The number of hydrogen-bond acceptors (Lipinski definition) is 4. The summed E-state index contributed by atoms with van der Waals surface area (Å²) in [4.78, 5) is 6.37. The van der Waals surface area contributed by atoms with E-state index in [9.17, 15) is 0 Å². The second-order valence-electron chi connectivity index (χ2n) is 3.26. The van der Waals surface area contributed by atoms with Crippen molar-refractivity contribution in [1.82, 2.24) is 10.3 Å². The number of hydrazine groups is 1. The molecule has 1 aromatic carbocycles. The van der Waals surface area contributed by atoms with Gasteiger partial charge in [-0.25, -0.2) is 5.84 Å². The molecule has 15 heavy (non-hydrogen) atoms. The fourth-order valence-electron chi connectivity index (χ4n) is 1.58. The Labute approximate surface area is 107 Å². The zero-order valence-electron chi connectivity index (χ0n) is 8.39. The Balaban J connectivity index is 0.00000112. The molecular weight excluding hydrogens is 303 g/mol. The lowest BCUT2D eigenvalue weighted by molar-refractivity contribution is 0.438. The van der Waals surface area contributed by atoms with Crippen molar-refractivity contribution in [3.63, 3.8) is 0 Å². The van der Waals surface area contributed by atoms with E-state index in [4.69, 9.17) is 5.84 Å². The van der Waals surface area contributed by atoms with E-state index in [0.29, 0.717) is 0 Å². The predicted octanol–water partition coefficient (Wildman–Crippen LogP) is 0.939. The summed E-state index contributed by atoms with van der Waals surface area (Å²) < 4.78 is 0. The molecule has 4 nitrogen and oxygen atoms in total. The van der Waals surface area contributed by atoms with Crippen LogP contribution in [0.25, 0.3) is 0 Å². The summed E-state index contributed by atoms with van der Waals surface area (Å²) in [7, 11) is 0. The summed E-state index contributed by atoms with van der Waals surface area (Å²) in [6, 6.07) is 10.3. The van der Waals surface area contributed by atoms with Gasteiger partial charge in [-0.2, -0.15) is 0 Å². The summed E-state index contributed by atoms with van der Waals surface area (Å²) in [5.41, 5.74) is 3.89. The Hall–Kier alpha value is -0.820. The van der Waals surface area contributed by atoms with Crippen LogP contribution in [0, 0.1) is 0 Å². The van der Waals surface area contributed by atoms with Crippen LogP contribution in [0.5, 0.6) is 0 Å². The predicted molar refractivity (Wildman–Crippen MR) is 71.9 cm³/mol. The van der Waals surface area contributed by atoms with Crippen molar-refractivity contribution in [2.75, 3.05) is 13.1 Å². The molecule has 0 bridgehead atoms. The first-order valence-corrected chi connectivity index (χ1v) is 4.70. The fraction of sp³-hybridized carbons (Fsp3) is 0.300. The molecule has 82 valence electrons. The van der Waals surface area contributed by atoms with E-state index in [1.807, 2.05) is 18.2 Å². The minimum Gasteiger partial charge on any atom is -0.336 e. The number of benzene rings is 1. The summed E-state index contributed by atoms with van der Waals surface area (Å²) >= 11 is 0. The topological polar surface area (TPSA) is 53.6 Å². The lowest BCUT2D eigenvalue weighted by atomic mass is 10.2. The molecule has 1 aliphatic heterocycles. The van der Waals surface area contributed by atoms with Gasteiger partial charge in [-0.05, 0) is 5.56 Å². The van der Waals surface area contributed by atoms with Gasteiger partial charge in [-0.15, -0.1) is 24.0 Å². The van der Waals surface area contributed by atoms with Gasteiger partial charge in [0.1, 0.15) is 0 Å². The van der Waals surface area contributed by atoms with Gasteiger partial charge in [0.05, 0.1) is 6.54 Å². The molecule has 0 amide bonds. The lowest BCUT2D eigenvalue weighted by Crippen LogP contribution is -2.41. The number of nitrogens with one attached hydrogen (secondary N) is 1. The van der Waals surface area contributed by atoms with Gasteiger partial charge in [0, 0.05) is 13.1 Å². The summed E-state index contributed by atoms with van der Waals surface area (Å²) in [5, 5.41) is 0. The Kier molecular flexibility index (Phi) is 4.83. The number of nitrogens with zero attached hydrogens (tertiary/aromatic N) is 2. The first kappa shape index (κ1) is 12.3. The second-order valence-corrected chi connectivity index (χ2v) is 3.26. The van der Waals surface area contributed by atoms with Gasteiger partial charge in [0.25, 0.3) is 0 Å². The Morgan fingerprint density at radius 2 is 2.07 bits per heavy atom. The summed E-state index contributed by atoms with van der Waals surface area (Å²) in [6.45, 7) is 2.63. The molecular formula is C10H15IN4. The molecule has 0 saturated carbocycles. The van der Waals surface area contributed by atoms with E-state index in [-0.39, 0.29) is 24.0 Å². The molecule has 2 rings (SSSR count). The van der Waals surface area contributed by atoms with Crippen LogP contribution in [0.15, 0.2) is 35.3 Å². The largest absolute Gasteiger partial charge is 0.336 e. The van der Waals surface area contributed by atoms with E-state index >= 15 is 0 Å². The number of halogens is 1. The number of hydrogen-bond donors (Lipinski definition) is 2. The van der Waals surface area contributed by atoms with Gasteiger partial charge < -0.3 is 4.90 Å². The van der Waals surface area contributed by atoms with Crippen molar-refractivity contribution in [2.45, 2.75) is 6.54 Å². The molecule has 0 fully saturated rings. The molecule has 0 saturated heterocycles. The third kappa shape index (κ3) is 3.07. The van der Waals surface area contributed by atoms with Crippen LogP contribution in [0.2, 0.25) is 0 Å². The molecule has 5 heteroatoms. The maximum atomic E-state index is 5.36. The molecule has 0 aromatic heterocycles. The molecule has 1 aliphatic rings. The monoisotopic (exact) mass is 318 g/mol. The highest BCUT2D eigenvalue weighted by Gasteiger charge is 2.15. The van der Waals surface area contributed by atoms with Crippen LogP contribution in [-0.4, -0.2) is 23.9 Å². The Morgan fingerprint density at radius 1 is 1.33 bits per heavy atom. The van der Waals surface area contributed by atoms with E-state index < -0.39 is 0 Å². The van der Waals surface area contributed by atoms with E-state index in [1.54, 1.807) is 0 Å². The highest BCUT2D eigenvalue weighted by Crippen LogP contribution is 2.07. The van der Waals surface area contributed by atoms with Crippen molar-refractivity contribution in [3.8, 4) is 0 Å². The van der Waals surface area contributed by atoms with Gasteiger partial charge in [-0.3, -0.25) is 10.4 Å². The lowest BCUT2D eigenvalue weighted by Gasteiger charge is -2.19. The summed E-state index contributed by atoms with van der Waals surface area (Å²) in [6.07, 6.45) is 0. The first-order valence-electron chi connectivity index (χ1n) is 4.70. The molecule has 0 spiro atoms. The third-order valence-corrected chi connectivity index (χ3v) is 2.28. The average molecular weight is 318 g/mol. The maximum Gasteiger partial charge on any atom is 0.208 e. The van der Waals surface area contributed by atoms with E-state index in [2.05, 4.69) is 27.5 Å². The number of rotatable bonds is 2. The van der Waals surface area contributed by atoms with Gasteiger partial charge in [-0.1, -0.05) is 30.3 Å². The van der Waals surface area contributed by atoms with Crippen molar-refractivity contribution >= 4 is 29.9 Å². The quantitative estimate of drug-likeness (QED) is 0.485. The molecule has 3 N–H and O–H groups in total. The van der Waals surface area contributed by atoms with E-state index in [1.165, 1.54) is 5.56 Å². The minimum atomic E-state index is 0. The normalized spacial score (nSPS) is 14.5.